The molecule has 2 aliphatic carbocycles. The fraction of sp³-hybridized carbons (Fsp3) is 0.158. The first-order chi connectivity index (χ1) is 28.0. The highest BCUT2D eigenvalue weighted by Gasteiger charge is 2.40. The molecule has 8 aromatic rings. The van der Waals surface area contributed by atoms with Crippen molar-refractivity contribution in [1.82, 2.24) is 0 Å². The average molecular weight is 746 g/mol. The largest absolute Gasteiger partial charge is 0.310 e. The van der Waals surface area contributed by atoms with Crippen LogP contribution in [0.25, 0.3) is 55.6 Å². The van der Waals surface area contributed by atoms with Gasteiger partial charge >= 0.3 is 0 Å². The van der Waals surface area contributed by atoms with E-state index in [0.29, 0.717) is 0 Å². The molecule has 1 heterocycles. The van der Waals surface area contributed by atoms with E-state index >= 15 is 0 Å². The molecule has 0 aromatic heterocycles. The maximum absolute atomic E-state index is 2.53. The Morgan fingerprint density at radius 3 is 1.21 bits per heavy atom. The fourth-order valence-electron chi connectivity index (χ4n) is 10.6. The Kier molecular flexibility index (Phi) is 7.36. The summed E-state index contributed by atoms with van der Waals surface area (Å²) in [5.41, 5.74) is 24.4. The van der Waals surface area contributed by atoms with Crippen molar-refractivity contribution in [3.8, 4) is 55.6 Å². The van der Waals surface area contributed by atoms with Crippen LogP contribution in [0.4, 0.5) is 17.1 Å². The number of hydrogen-bond acceptors (Lipinski definition) is 1. The van der Waals surface area contributed by atoms with Crippen LogP contribution in [0.5, 0.6) is 0 Å². The Morgan fingerprint density at radius 2 is 0.638 bits per heavy atom. The van der Waals surface area contributed by atoms with Gasteiger partial charge in [-0.15, -0.1) is 0 Å². The molecule has 1 aliphatic heterocycles. The summed E-state index contributed by atoms with van der Waals surface area (Å²) in [5.74, 6) is 0. The van der Waals surface area contributed by atoms with Crippen LogP contribution < -0.4 is 4.90 Å². The predicted molar refractivity (Wildman–Crippen MR) is 245 cm³/mol. The molecule has 0 amide bonds. The summed E-state index contributed by atoms with van der Waals surface area (Å²) in [6, 6.07) is 66.2. The maximum atomic E-state index is 2.53. The van der Waals surface area contributed by atoms with Gasteiger partial charge in [-0.25, -0.2) is 0 Å². The zero-order chi connectivity index (χ0) is 39.6. The zero-order valence-corrected chi connectivity index (χ0v) is 34.2. The molecular weight excluding hydrogens is 699 g/mol. The second-order valence-electron chi connectivity index (χ2n) is 18.2. The molecule has 8 aromatic carbocycles. The summed E-state index contributed by atoms with van der Waals surface area (Å²) < 4.78 is 0. The van der Waals surface area contributed by atoms with E-state index in [-0.39, 0.29) is 16.2 Å². The van der Waals surface area contributed by atoms with Crippen molar-refractivity contribution in [3.05, 3.63) is 209 Å². The second-order valence-corrected chi connectivity index (χ2v) is 18.2. The molecule has 1 heteroatoms. The third-order valence-corrected chi connectivity index (χ3v) is 13.9. The lowest BCUT2D eigenvalue weighted by Crippen LogP contribution is -2.31. The summed E-state index contributed by atoms with van der Waals surface area (Å²) in [4.78, 5) is 2.53. The van der Waals surface area contributed by atoms with Crippen molar-refractivity contribution in [2.45, 2.75) is 57.8 Å². The van der Waals surface area contributed by atoms with Gasteiger partial charge < -0.3 is 4.90 Å². The van der Waals surface area contributed by atoms with Crippen molar-refractivity contribution in [3.63, 3.8) is 0 Å². The Balaban J connectivity index is 1.07. The van der Waals surface area contributed by atoms with E-state index in [1.54, 1.807) is 0 Å². The molecular formula is C57H47N. The monoisotopic (exact) mass is 745 g/mol. The fourth-order valence-corrected chi connectivity index (χ4v) is 10.6. The van der Waals surface area contributed by atoms with Crippen molar-refractivity contribution in [2.75, 3.05) is 4.90 Å². The third kappa shape index (κ3) is 4.96. The van der Waals surface area contributed by atoms with Crippen LogP contribution in [0.3, 0.4) is 0 Å². The Morgan fingerprint density at radius 1 is 0.276 bits per heavy atom. The Hall–Kier alpha value is -6.44. The summed E-state index contributed by atoms with van der Waals surface area (Å²) in [5, 5.41) is 0. The van der Waals surface area contributed by atoms with Gasteiger partial charge in [0.05, 0.1) is 11.4 Å². The quantitative estimate of drug-likeness (QED) is 0.173. The smallest absolute Gasteiger partial charge is 0.0503 e. The van der Waals surface area contributed by atoms with Gasteiger partial charge in [0.1, 0.15) is 0 Å². The lowest BCUT2D eigenvalue weighted by Gasteiger charge is -2.43. The average Bonchev–Trinajstić information content (AvgIpc) is 3.63. The van der Waals surface area contributed by atoms with Crippen molar-refractivity contribution < 1.29 is 0 Å². The second kappa shape index (κ2) is 12.3. The first-order valence-electron chi connectivity index (χ1n) is 20.8. The molecule has 0 atom stereocenters. The first-order valence-corrected chi connectivity index (χ1v) is 20.8. The van der Waals surface area contributed by atoms with Crippen molar-refractivity contribution in [1.29, 1.82) is 0 Å². The molecule has 280 valence electrons. The highest BCUT2D eigenvalue weighted by atomic mass is 15.2. The Bertz CT molecular complexity index is 2960. The van der Waals surface area contributed by atoms with Crippen LogP contribution in [0.2, 0.25) is 0 Å². The van der Waals surface area contributed by atoms with E-state index in [9.17, 15) is 0 Å². The van der Waals surface area contributed by atoms with E-state index < -0.39 is 0 Å². The molecule has 0 spiro atoms. The highest BCUT2D eigenvalue weighted by molar-refractivity contribution is 5.92. The molecule has 0 saturated carbocycles. The highest BCUT2D eigenvalue weighted by Crippen LogP contribution is 2.56. The van der Waals surface area contributed by atoms with Crippen LogP contribution in [0.1, 0.15) is 74.9 Å². The minimum Gasteiger partial charge on any atom is -0.310 e. The normalized spacial score (nSPS) is 15.8. The number of anilines is 3. The summed E-state index contributed by atoms with van der Waals surface area (Å²) in [7, 11) is 0. The van der Waals surface area contributed by atoms with Crippen LogP contribution in [0.15, 0.2) is 176 Å². The van der Waals surface area contributed by atoms with Crippen LogP contribution in [-0.2, 0) is 16.2 Å². The summed E-state index contributed by atoms with van der Waals surface area (Å²) in [6.45, 7) is 14.3. The lowest BCUT2D eigenvalue weighted by molar-refractivity contribution is 0.632. The van der Waals surface area contributed by atoms with Gasteiger partial charge in [0.15, 0.2) is 0 Å². The number of hydrogen-bond donors (Lipinski definition) is 0. The lowest BCUT2D eigenvalue weighted by atomic mass is 9.72. The van der Waals surface area contributed by atoms with Gasteiger partial charge in [-0.05, 0) is 131 Å². The molecule has 0 fully saturated rings. The third-order valence-electron chi connectivity index (χ3n) is 13.9. The standard InChI is InChI=1S/C57H47N/c1-55(2)47-18-12-10-16-43(47)45-28-24-40(32-49(45)55)41-26-31-54-52(34-41)57(5,6)51-33-39(38-22-20-37(21-23-38)36-14-8-7-9-15-36)25-30-53(51)58(54)42-27-29-46-44-17-11-13-19-48(44)56(3,4)50(46)35-42/h7-35H,1-6H3. The maximum Gasteiger partial charge on any atom is 0.0503 e. The van der Waals surface area contributed by atoms with Crippen molar-refractivity contribution >= 4 is 17.1 Å². The van der Waals surface area contributed by atoms with E-state index in [2.05, 4.69) is 222 Å². The van der Waals surface area contributed by atoms with E-state index in [1.165, 1.54) is 106 Å². The molecule has 1 nitrogen and oxygen atoms in total. The molecule has 0 saturated heterocycles. The zero-order valence-electron chi connectivity index (χ0n) is 34.2. The van der Waals surface area contributed by atoms with Crippen LogP contribution in [0, 0.1) is 0 Å². The topological polar surface area (TPSA) is 3.24 Å². The van der Waals surface area contributed by atoms with Gasteiger partial charge in [0, 0.05) is 21.9 Å². The van der Waals surface area contributed by atoms with Gasteiger partial charge in [-0.3, -0.25) is 0 Å². The van der Waals surface area contributed by atoms with Crippen molar-refractivity contribution in [2.24, 2.45) is 0 Å². The molecule has 0 radical (unpaired) electrons. The predicted octanol–water partition coefficient (Wildman–Crippen LogP) is 15.4. The Labute approximate surface area is 343 Å². The summed E-state index contributed by atoms with van der Waals surface area (Å²) >= 11 is 0. The van der Waals surface area contributed by atoms with Gasteiger partial charge in [0.2, 0.25) is 0 Å². The van der Waals surface area contributed by atoms with E-state index in [0.717, 1.165) is 0 Å². The van der Waals surface area contributed by atoms with E-state index in [1.807, 2.05) is 0 Å². The molecule has 0 unspecified atom stereocenters. The molecule has 11 rings (SSSR count). The molecule has 3 aliphatic rings. The SMILES string of the molecule is CC1(C)c2ccccc2-c2ccc(-c3ccc4c(c3)C(C)(C)c3cc(-c5ccc(-c6ccccc6)cc5)ccc3N4c3ccc4c(c3)C(C)(C)c3ccccc3-4)cc21. The molecule has 0 N–H and O–H groups in total. The number of benzene rings is 8. The number of rotatable bonds is 4. The molecule has 0 bridgehead atoms. The minimum absolute atomic E-state index is 0.0537. The van der Waals surface area contributed by atoms with Crippen LogP contribution >= 0.6 is 0 Å². The summed E-state index contributed by atoms with van der Waals surface area (Å²) in [6.07, 6.45) is 0. The van der Waals surface area contributed by atoms with Gasteiger partial charge in [-0.2, -0.15) is 0 Å². The first kappa shape index (κ1) is 34.8. The molecule has 58 heavy (non-hydrogen) atoms. The number of fused-ring (bicyclic) bond motifs is 8. The van der Waals surface area contributed by atoms with Crippen LogP contribution in [-0.4, -0.2) is 0 Å². The number of nitrogens with zero attached hydrogens (tertiary/aromatic N) is 1. The van der Waals surface area contributed by atoms with E-state index in [4.69, 9.17) is 0 Å². The van der Waals surface area contributed by atoms with Gasteiger partial charge in [-0.1, -0.05) is 175 Å². The minimum atomic E-state index is -0.268. The van der Waals surface area contributed by atoms with Gasteiger partial charge in [0.25, 0.3) is 0 Å².